The molecule has 4 rings (SSSR count). The molecule has 0 aliphatic carbocycles. The predicted octanol–water partition coefficient (Wildman–Crippen LogP) is 5.35. The molecule has 0 aliphatic rings. The lowest BCUT2D eigenvalue weighted by Gasteiger charge is -2.05. The molecule has 0 spiro atoms. The van der Waals surface area contributed by atoms with Gasteiger partial charge in [0.25, 0.3) is 11.8 Å². The summed E-state index contributed by atoms with van der Waals surface area (Å²) in [5, 5.41) is 9.30. The lowest BCUT2D eigenvalue weighted by atomic mass is 10.2. The number of ether oxygens (including phenoxy) is 1. The molecule has 0 unspecified atom stereocenters. The van der Waals surface area contributed by atoms with E-state index in [9.17, 15) is 14.7 Å². The maximum Gasteiger partial charge on any atom is 0.258 e. The van der Waals surface area contributed by atoms with Crippen molar-refractivity contribution in [1.82, 2.24) is 0 Å². The number of hydrogen-bond acceptors (Lipinski definition) is 6. The van der Waals surface area contributed by atoms with Crippen LogP contribution in [0.25, 0.3) is 20.9 Å². The van der Waals surface area contributed by atoms with E-state index in [-0.39, 0.29) is 5.75 Å². The standard InChI is InChI=1S/C13H12ClNO2S.C11H9NO2S/c14-6-7-17-10-3-1-2-9(8-10)11-4-5-12(18-11)13(15)16;12-11(14)10-5-4-9(15-10)7-2-1-3-8(13)6-7/h1-5,8H,6-7H2,(H2,15,16);1-6,13H,(H2,12,14). The topological polar surface area (TPSA) is 116 Å². The van der Waals surface area contributed by atoms with Crippen molar-refractivity contribution in [3.63, 3.8) is 0 Å². The largest absolute Gasteiger partial charge is 0.508 e. The highest BCUT2D eigenvalue weighted by atomic mass is 35.5. The maximum atomic E-state index is 11.0. The van der Waals surface area contributed by atoms with E-state index in [2.05, 4.69) is 0 Å². The third kappa shape index (κ3) is 6.82. The molecule has 2 aromatic heterocycles. The number of phenolic OH excluding ortho intramolecular Hbond substituents is 1. The molecular formula is C24H21ClN2O4S2. The lowest BCUT2D eigenvalue weighted by Crippen LogP contribution is -2.07. The Labute approximate surface area is 204 Å². The van der Waals surface area contributed by atoms with Crippen LogP contribution in [0.1, 0.15) is 19.3 Å². The van der Waals surface area contributed by atoms with Crippen LogP contribution in [-0.4, -0.2) is 29.4 Å². The molecule has 4 aromatic rings. The number of alkyl halides is 1. The summed E-state index contributed by atoms with van der Waals surface area (Å²) < 4.78 is 5.45. The van der Waals surface area contributed by atoms with E-state index in [1.54, 1.807) is 30.3 Å². The summed E-state index contributed by atoms with van der Waals surface area (Å²) in [5.41, 5.74) is 12.3. The molecule has 2 heterocycles. The summed E-state index contributed by atoms with van der Waals surface area (Å²) in [6.07, 6.45) is 0. The third-order valence-corrected chi connectivity index (χ3v) is 6.74. The number of thiophene rings is 2. The fraction of sp³-hybridized carbons (Fsp3) is 0.0833. The van der Waals surface area contributed by atoms with Crippen LogP contribution in [0.5, 0.6) is 11.5 Å². The number of hydrogen-bond donors (Lipinski definition) is 3. The van der Waals surface area contributed by atoms with Crippen molar-refractivity contribution in [1.29, 1.82) is 0 Å². The summed E-state index contributed by atoms with van der Waals surface area (Å²) in [6, 6.07) is 21.7. The van der Waals surface area contributed by atoms with Gasteiger partial charge in [-0.25, -0.2) is 0 Å². The van der Waals surface area contributed by atoms with Gasteiger partial charge in [-0.1, -0.05) is 24.3 Å². The maximum absolute atomic E-state index is 11.0. The highest BCUT2D eigenvalue weighted by molar-refractivity contribution is 7.17. The Hall–Kier alpha value is -3.33. The Kier molecular flexibility index (Phi) is 8.48. The van der Waals surface area contributed by atoms with E-state index >= 15 is 0 Å². The summed E-state index contributed by atoms with van der Waals surface area (Å²) in [7, 11) is 0. The van der Waals surface area contributed by atoms with E-state index in [0.717, 1.165) is 26.6 Å². The highest BCUT2D eigenvalue weighted by Gasteiger charge is 2.08. The zero-order valence-electron chi connectivity index (χ0n) is 17.4. The highest BCUT2D eigenvalue weighted by Crippen LogP contribution is 2.31. The van der Waals surface area contributed by atoms with Crippen LogP contribution < -0.4 is 16.2 Å². The zero-order chi connectivity index (χ0) is 23.8. The first-order chi connectivity index (χ1) is 15.9. The van der Waals surface area contributed by atoms with Crippen molar-refractivity contribution in [2.75, 3.05) is 12.5 Å². The van der Waals surface area contributed by atoms with E-state index in [4.69, 9.17) is 27.8 Å². The first-order valence-corrected chi connectivity index (χ1v) is 11.9. The minimum absolute atomic E-state index is 0.210. The molecule has 0 atom stereocenters. The first kappa shape index (κ1) is 24.3. The Bertz CT molecular complexity index is 1250. The van der Waals surface area contributed by atoms with Crippen LogP contribution in [0.15, 0.2) is 72.8 Å². The van der Waals surface area contributed by atoms with Crippen molar-refractivity contribution in [2.24, 2.45) is 11.5 Å². The molecule has 0 radical (unpaired) electrons. The average Bonchev–Trinajstić information content (AvgIpc) is 3.49. The molecule has 0 saturated carbocycles. The molecule has 9 heteroatoms. The van der Waals surface area contributed by atoms with Crippen molar-refractivity contribution in [3.05, 3.63) is 82.6 Å². The van der Waals surface area contributed by atoms with E-state index in [1.165, 1.54) is 22.7 Å². The Balaban J connectivity index is 0.000000189. The number of nitrogens with two attached hydrogens (primary N) is 2. The number of primary amides is 2. The van der Waals surface area contributed by atoms with Crippen LogP contribution in [0.3, 0.4) is 0 Å². The number of amides is 2. The molecular weight excluding hydrogens is 480 g/mol. The van der Waals surface area contributed by atoms with Gasteiger partial charge in [0.2, 0.25) is 0 Å². The summed E-state index contributed by atoms with van der Waals surface area (Å²) >= 11 is 8.26. The molecule has 2 amide bonds. The fourth-order valence-electron chi connectivity index (χ4n) is 2.81. The predicted molar refractivity (Wildman–Crippen MR) is 134 cm³/mol. The molecule has 0 aliphatic heterocycles. The molecule has 0 saturated heterocycles. The van der Waals surface area contributed by atoms with Gasteiger partial charge in [0.15, 0.2) is 0 Å². The smallest absolute Gasteiger partial charge is 0.258 e. The number of rotatable bonds is 7. The first-order valence-electron chi connectivity index (χ1n) is 9.75. The number of aromatic hydroxyl groups is 1. The van der Waals surface area contributed by atoms with Gasteiger partial charge in [0.1, 0.15) is 18.1 Å². The summed E-state index contributed by atoms with van der Waals surface area (Å²) in [6.45, 7) is 0.474. The van der Waals surface area contributed by atoms with Gasteiger partial charge in [-0.15, -0.1) is 34.3 Å². The SMILES string of the molecule is NC(=O)c1ccc(-c2cccc(O)c2)s1.NC(=O)c1ccc(-c2cccc(OCCCl)c2)s1. The Morgan fingerprint density at radius 2 is 1.36 bits per heavy atom. The monoisotopic (exact) mass is 500 g/mol. The van der Waals surface area contributed by atoms with Crippen LogP contribution in [0, 0.1) is 0 Å². The minimum Gasteiger partial charge on any atom is -0.508 e. The van der Waals surface area contributed by atoms with Gasteiger partial charge in [-0.05, 0) is 59.7 Å². The number of carbonyl (C=O) groups is 2. The summed E-state index contributed by atoms with van der Waals surface area (Å²) in [5.74, 6) is 0.602. The second-order valence-electron chi connectivity index (χ2n) is 6.67. The van der Waals surface area contributed by atoms with Crippen molar-refractivity contribution < 1.29 is 19.4 Å². The van der Waals surface area contributed by atoms with Crippen LogP contribution >= 0.6 is 34.3 Å². The zero-order valence-corrected chi connectivity index (χ0v) is 19.8. The van der Waals surface area contributed by atoms with Gasteiger partial charge in [-0.2, -0.15) is 0 Å². The molecule has 0 fully saturated rings. The molecule has 6 nitrogen and oxygen atoms in total. The Morgan fingerprint density at radius 1 is 0.818 bits per heavy atom. The second-order valence-corrected chi connectivity index (χ2v) is 9.22. The van der Waals surface area contributed by atoms with E-state index < -0.39 is 11.8 Å². The van der Waals surface area contributed by atoms with E-state index in [1.807, 2.05) is 42.5 Å². The Morgan fingerprint density at radius 3 is 1.85 bits per heavy atom. The average molecular weight is 501 g/mol. The van der Waals surface area contributed by atoms with Crippen molar-refractivity contribution in [3.8, 4) is 32.4 Å². The van der Waals surface area contributed by atoms with Crippen LogP contribution in [-0.2, 0) is 0 Å². The quantitative estimate of drug-likeness (QED) is 0.296. The molecule has 2 aromatic carbocycles. The van der Waals surface area contributed by atoms with Gasteiger partial charge in [0, 0.05) is 9.75 Å². The van der Waals surface area contributed by atoms with Crippen LogP contribution in [0.2, 0.25) is 0 Å². The van der Waals surface area contributed by atoms with Gasteiger partial charge in [-0.3, -0.25) is 9.59 Å². The van der Waals surface area contributed by atoms with Gasteiger partial charge < -0.3 is 21.3 Å². The molecule has 5 N–H and O–H groups in total. The molecule has 0 bridgehead atoms. The van der Waals surface area contributed by atoms with Gasteiger partial charge >= 0.3 is 0 Å². The van der Waals surface area contributed by atoms with Crippen molar-refractivity contribution >= 4 is 46.1 Å². The number of benzene rings is 2. The number of carbonyl (C=O) groups excluding carboxylic acids is 2. The fourth-order valence-corrected chi connectivity index (χ4v) is 4.59. The van der Waals surface area contributed by atoms with Crippen LogP contribution in [0.4, 0.5) is 0 Å². The number of phenols is 1. The molecule has 170 valence electrons. The molecule has 33 heavy (non-hydrogen) atoms. The van der Waals surface area contributed by atoms with Gasteiger partial charge in [0.05, 0.1) is 15.6 Å². The van der Waals surface area contributed by atoms with Crippen molar-refractivity contribution in [2.45, 2.75) is 0 Å². The second kappa shape index (κ2) is 11.5. The normalized spacial score (nSPS) is 10.2. The number of halogens is 1. The lowest BCUT2D eigenvalue weighted by molar-refractivity contribution is 0.0995. The summed E-state index contributed by atoms with van der Waals surface area (Å²) in [4.78, 5) is 24.9. The van der Waals surface area contributed by atoms with E-state index in [0.29, 0.717) is 22.2 Å². The minimum atomic E-state index is -0.425. The third-order valence-electron chi connectivity index (χ3n) is 4.29.